The highest BCUT2D eigenvalue weighted by atomic mass is 19.1. The van der Waals surface area contributed by atoms with Crippen LogP contribution in [0, 0.1) is 5.82 Å². The Bertz CT molecular complexity index is 1280. The van der Waals surface area contributed by atoms with Crippen LogP contribution in [0.4, 0.5) is 10.2 Å². The monoisotopic (exact) mass is 434 g/mol. The number of nitrogens with one attached hydrogen (secondary N) is 1. The number of halogens is 1. The molecular weight excluding hydrogens is 411 g/mol. The molecule has 0 saturated carbocycles. The van der Waals surface area contributed by atoms with E-state index in [1.165, 1.54) is 12.1 Å². The van der Waals surface area contributed by atoms with Gasteiger partial charge in [0.2, 0.25) is 5.82 Å². The molecule has 5 rings (SSSR count). The number of hydrogen-bond donors (Lipinski definition) is 2. The lowest BCUT2D eigenvalue weighted by molar-refractivity contribution is 0.404. The van der Waals surface area contributed by atoms with Gasteiger partial charge >= 0.3 is 0 Å². The molecule has 4 heterocycles. The van der Waals surface area contributed by atoms with Crippen LogP contribution < -0.4 is 10.2 Å². The minimum Gasteiger partial charge on any atom is -0.506 e. The van der Waals surface area contributed by atoms with E-state index in [9.17, 15) is 9.50 Å². The third-order valence-corrected chi connectivity index (χ3v) is 5.52. The van der Waals surface area contributed by atoms with Gasteiger partial charge in [0.15, 0.2) is 17.3 Å². The second kappa shape index (κ2) is 7.79. The fraction of sp³-hybridized carbons (Fsp3) is 0.318. The molecule has 1 saturated heterocycles. The van der Waals surface area contributed by atoms with E-state index in [-0.39, 0.29) is 17.3 Å². The van der Waals surface area contributed by atoms with Crippen LogP contribution in [0.25, 0.3) is 33.5 Å². The Morgan fingerprint density at radius 2 is 1.81 bits per heavy atom. The highest BCUT2D eigenvalue weighted by molar-refractivity contribution is 5.85. The topological polar surface area (TPSA) is 105 Å². The van der Waals surface area contributed by atoms with Crippen molar-refractivity contribution in [2.24, 2.45) is 7.05 Å². The standard InChI is InChI=1S/C22H23FN8O/c1-12-9-31(10-13(2)26-12)19-8-25-22(28-27-19)21-18(32)6-15(7-24-21)14-4-16-11-30(3)29-20(16)17(23)5-14/h4-8,11-13,26,32H,9-10H2,1-3H3/t12-,13-/m0/s1. The van der Waals surface area contributed by atoms with Crippen LogP contribution in [0.2, 0.25) is 0 Å². The van der Waals surface area contributed by atoms with Crippen LogP contribution >= 0.6 is 0 Å². The van der Waals surface area contributed by atoms with E-state index in [4.69, 9.17) is 0 Å². The van der Waals surface area contributed by atoms with Crippen molar-refractivity contribution in [1.82, 2.24) is 35.3 Å². The first-order valence-corrected chi connectivity index (χ1v) is 10.4. The van der Waals surface area contributed by atoms with E-state index in [2.05, 4.69) is 49.3 Å². The summed E-state index contributed by atoms with van der Waals surface area (Å²) in [6.07, 6.45) is 4.95. The zero-order chi connectivity index (χ0) is 22.4. The Kier molecular flexibility index (Phi) is 4.93. The largest absolute Gasteiger partial charge is 0.506 e. The molecule has 4 aromatic rings. The average molecular weight is 434 g/mol. The number of hydrogen-bond acceptors (Lipinski definition) is 8. The maximum atomic E-state index is 14.4. The Labute approximate surface area is 183 Å². The normalized spacial score (nSPS) is 18.9. The Morgan fingerprint density at radius 1 is 1.03 bits per heavy atom. The number of pyridine rings is 1. The molecule has 0 spiro atoms. The van der Waals surface area contributed by atoms with Gasteiger partial charge in [-0.3, -0.25) is 4.68 Å². The first-order chi connectivity index (χ1) is 15.4. The van der Waals surface area contributed by atoms with E-state index in [0.717, 1.165) is 13.1 Å². The smallest absolute Gasteiger partial charge is 0.204 e. The van der Waals surface area contributed by atoms with Crippen LogP contribution in [0.5, 0.6) is 5.75 Å². The van der Waals surface area contributed by atoms with Crippen molar-refractivity contribution < 1.29 is 9.50 Å². The predicted octanol–water partition coefficient (Wildman–Crippen LogP) is 2.52. The van der Waals surface area contributed by atoms with E-state index in [1.807, 2.05) is 6.07 Å². The number of benzene rings is 1. The third-order valence-electron chi connectivity index (χ3n) is 5.52. The van der Waals surface area contributed by atoms with Crippen molar-refractivity contribution in [3.63, 3.8) is 0 Å². The molecule has 2 N–H and O–H groups in total. The fourth-order valence-electron chi connectivity index (χ4n) is 4.20. The van der Waals surface area contributed by atoms with Crippen molar-refractivity contribution in [2.45, 2.75) is 25.9 Å². The molecule has 2 atom stereocenters. The molecule has 1 fully saturated rings. The predicted molar refractivity (Wildman–Crippen MR) is 119 cm³/mol. The van der Waals surface area contributed by atoms with Gasteiger partial charge in [-0.15, -0.1) is 10.2 Å². The second-order valence-electron chi connectivity index (χ2n) is 8.30. The van der Waals surface area contributed by atoms with E-state index < -0.39 is 5.82 Å². The van der Waals surface area contributed by atoms with Crippen molar-refractivity contribution in [3.8, 4) is 28.4 Å². The van der Waals surface area contributed by atoms with Gasteiger partial charge in [0, 0.05) is 55.6 Å². The van der Waals surface area contributed by atoms with Gasteiger partial charge in [0.05, 0.1) is 6.20 Å². The van der Waals surface area contributed by atoms with Gasteiger partial charge in [0.1, 0.15) is 11.3 Å². The van der Waals surface area contributed by atoms with Gasteiger partial charge < -0.3 is 15.3 Å². The molecule has 10 heteroatoms. The minimum atomic E-state index is -0.429. The number of rotatable bonds is 3. The van der Waals surface area contributed by atoms with Crippen molar-refractivity contribution in [2.75, 3.05) is 18.0 Å². The average Bonchev–Trinajstić information content (AvgIpc) is 3.14. The molecule has 164 valence electrons. The van der Waals surface area contributed by atoms with E-state index in [0.29, 0.717) is 39.9 Å². The Balaban J connectivity index is 1.42. The summed E-state index contributed by atoms with van der Waals surface area (Å²) in [5, 5.41) is 27.3. The van der Waals surface area contributed by atoms with E-state index >= 15 is 0 Å². The second-order valence-corrected chi connectivity index (χ2v) is 8.30. The van der Waals surface area contributed by atoms with E-state index in [1.54, 1.807) is 30.3 Å². The zero-order valence-electron chi connectivity index (χ0n) is 18.0. The molecule has 9 nitrogen and oxygen atoms in total. The molecule has 0 bridgehead atoms. The summed E-state index contributed by atoms with van der Waals surface area (Å²) in [6.45, 7) is 5.88. The minimum absolute atomic E-state index is 0.104. The maximum absolute atomic E-state index is 14.4. The van der Waals surface area contributed by atoms with Gasteiger partial charge in [-0.1, -0.05) is 0 Å². The van der Waals surface area contributed by atoms with Crippen LogP contribution in [0.15, 0.2) is 36.8 Å². The lowest BCUT2D eigenvalue weighted by Gasteiger charge is -2.36. The zero-order valence-corrected chi connectivity index (χ0v) is 18.0. The number of nitrogens with zero attached hydrogens (tertiary/aromatic N) is 7. The Morgan fingerprint density at radius 3 is 2.50 bits per heavy atom. The molecule has 0 unspecified atom stereocenters. The van der Waals surface area contributed by atoms with Crippen LogP contribution in [0.3, 0.4) is 0 Å². The van der Waals surface area contributed by atoms with Gasteiger partial charge in [-0.2, -0.15) is 5.10 Å². The number of aryl methyl sites for hydroxylation is 1. The molecule has 1 aliphatic rings. The lowest BCUT2D eigenvalue weighted by Crippen LogP contribution is -2.54. The summed E-state index contributed by atoms with van der Waals surface area (Å²) in [7, 11) is 1.74. The number of fused-ring (bicyclic) bond motifs is 1. The number of piperazine rings is 1. The molecule has 3 aromatic heterocycles. The van der Waals surface area contributed by atoms with Crippen LogP contribution in [-0.2, 0) is 7.05 Å². The number of anilines is 1. The maximum Gasteiger partial charge on any atom is 0.204 e. The highest BCUT2D eigenvalue weighted by Crippen LogP contribution is 2.31. The molecule has 1 aliphatic heterocycles. The quantitative estimate of drug-likeness (QED) is 0.507. The first kappa shape index (κ1) is 20.3. The van der Waals surface area contributed by atoms with Crippen LogP contribution in [-0.4, -0.2) is 60.2 Å². The van der Waals surface area contributed by atoms with Crippen molar-refractivity contribution in [1.29, 1.82) is 0 Å². The first-order valence-electron chi connectivity index (χ1n) is 10.4. The van der Waals surface area contributed by atoms with Gasteiger partial charge in [0.25, 0.3) is 0 Å². The summed E-state index contributed by atoms with van der Waals surface area (Å²) in [6, 6.07) is 5.40. The summed E-state index contributed by atoms with van der Waals surface area (Å²) in [5.41, 5.74) is 1.69. The Hall–Kier alpha value is -3.66. The molecule has 0 amide bonds. The van der Waals surface area contributed by atoms with Crippen molar-refractivity contribution in [3.05, 3.63) is 42.6 Å². The summed E-state index contributed by atoms with van der Waals surface area (Å²) in [4.78, 5) is 10.8. The molecular formula is C22H23FN8O. The number of aromatic hydroxyl groups is 1. The number of aromatic nitrogens is 6. The summed E-state index contributed by atoms with van der Waals surface area (Å²) in [5.74, 6) is 0.378. The van der Waals surface area contributed by atoms with Crippen LogP contribution in [0.1, 0.15) is 13.8 Å². The van der Waals surface area contributed by atoms with Gasteiger partial charge in [-0.05, 0) is 37.6 Å². The molecule has 0 aliphatic carbocycles. The summed E-state index contributed by atoms with van der Waals surface area (Å²) >= 11 is 0. The van der Waals surface area contributed by atoms with Crippen molar-refractivity contribution >= 4 is 16.7 Å². The SMILES string of the molecule is C[C@H]1CN(c2cnc(-c3ncc(-c4cc(F)c5nn(C)cc5c4)cc3O)nn2)C[C@H](C)N1. The molecule has 1 aromatic carbocycles. The fourth-order valence-corrected chi connectivity index (χ4v) is 4.20. The lowest BCUT2D eigenvalue weighted by atomic mass is 10.0. The molecule has 0 radical (unpaired) electrons. The highest BCUT2D eigenvalue weighted by Gasteiger charge is 2.23. The summed E-state index contributed by atoms with van der Waals surface area (Å²) < 4.78 is 16.0. The third kappa shape index (κ3) is 3.73. The molecule has 32 heavy (non-hydrogen) atoms. The van der Waals surface area contributed by atoms with Gasteiger partial charge in [-0.25, -0.2) is 14.4 Å².